The summed E-state index contributed by atoms with van der Waals surface area (Å²) in [6, 6.07) is 6.39. The number of nitrogens with zero attached hydrogens (tertiary/aromatic N) is 2. The number of aromatic nitrogens is 2. The van der Waals surface area contributed by atoms with Crippen molar-refractivity contribution in [2.75, 3.05) is 13.6 Å². The maximum absolute atomic E-state index is 9.97. The monoisotopic (exact) mass is 247 g/mol. The van der Waals surface area contributed by atoms with Crippen molar-refractivity contribution in [3.8, 4) is 0 Å². The Morgan fingerprint density at radius 1 is 1.39 bits per heavy atom. The molecule has 4 heteroatoms. The molecule has 2 aromatic rings. The van der Waals surface area contributed by atoms with Gasteiger partial charge in [0, 0.05) is 12.6 Å². The van der Waals surface area contributed by atoms with Crippen LogP contribution >= 0.6 is 0 Å². The first-order valence-corrected chi connectivity index (χ1v) is 6.35. The molecule has 0 fully saturated rings. The molecule has 0 amide bonds. The van der Waals surface area contributed by atoms with Crippen LogP contribution in [0.15, 0.2) is 18.2 Å². The quantitative estimate of drug-likeness (QED) is 0.870. The summed E-state index contributed by atoms with van der Waals surface area (Å²) in [5.41, 5.74) is 2.99. The summed E-state index contributed by atoms with van der Waals surface area (Å²) < 4.78 is 2.21. The summed E-state index contributed by atoms with van der Waals surface area (Å²) in [5, 5.41) is 12.9. The standard InChI is InChI=1S/C14H21N3O/c1-9(2)17-10(3)16-12-7-11(5-6-13(12)17)14(18)8-15-4/h5-7,9,14-15,18H,8H2,1-4H3. The molecule has 2 N–H and O–H groups in total. The van der Waals surface area contributed by atoms with Gasteiger partial charge in [-0.15, -0.1) is 0 Å². The number of aliphatic hydroxyl groups is 1. The number of imidazole rings is 1. The second-order valence-electron chi connectivity index (χ2n) is 4.94. The Bertz CT molecular complexity index is 545. The molecule has 1 atom stereocenters. The number of nitrogens with one attached hydrogen (secondary N) is 1. The van der Waals surface area contributed by atoms with Crippen molar-refractivity contribution in [1.82, 2.24) is 14.9 Å². The van der Waals surface area contributed by atoms with E-state index >= 15 is 0 Å². The number of hydrogen-bond donors (Lipinski definition) is 2. The van der Waals surface area contributed by atoms with Gasteiger partial charge in [-0.25, -0.2) is 4.98 Å². The molecule has 1 unspecified atom stereocenters. The molecule has 18 heavy (non-hydrogen) atoms. The van der Waals surface area contributed by atoms with Gasteiger partial charge in [-0.2, -0.15) is 0 Å². The lowest BCUT2D eigenvalue weighted by molar-refractivity contribution is 0.178. The van der Waals surface area contributed by atoms with Gasteiger partial charge in [0.2, 0.25) is 0 Å². The molecule has 1 aromatic carbocycles. The molecule has 0 saturated carbocycles. The molecule has 4 nitrogen and oxygen atoms in total. The lowest BCUT2D eigenvalue weighted by Gasteiger charge is -2.12. The van der Waals surface area contributed by atoms with E-state index in [1.807, 2.05) is 32.2 Å². The molecule has 0 bridgehead atoms. The molecular formula is C14H21N3O. The van der Waals surface area contributed by atoms with Crippen molar-refractivity contribution in [2.45, 2.75) is 32.9 Å². The molecule has 0 aliphatic heterocycles. The lowest BCUT2D eigenvalue weighted by atomic mass is 10.1. The Hall–Kier alpha value is -1.39. The third-order valence-corrected chi connectivity index (χ3v) is 3.19. The van der Waals surface area contributed by atoms with Gasteiger partial charge in [0.25, 0.3) is 0 Å². The molecule has 0 aliphatic carbocycles. The van der Waals surface area contributed by atoms with Crippen LogP contribution in [-0.4, -0.2) is 28.3 Å². The van der Waals surface area contributed by atoms with E-state index in [1.54, 1.807) is 0 Å². The number of benzene rings is 1. The number of aliphatic hydroxyl groups excluding tert-OH is 1. The van der Waals surface area contributed by atoms with E-state index in [-0.39, 0.29) is 0 Å². The average molecular weight is 247 g/mol. The van der Waals surface area contributed by atoms with Crippen molar-refractivity contribution in [3.63, 3.8) is 0 Å². The molecule has 98 valence electrons. The van der Waals surface area contributed by atoms with Crippen LogP contribution in [0.25, 0.3) is 11.0 Å². The van der Waals surface area contributed by atoms with Crippen LogP contribution in [0.3, 0.4) is 0 Å². The molecule has 1 aromatic heterocycles. The minimum atomic E-state index is -0.482. The van der Waals surface area contributed by atoms with Crippen LogP contribution in [-0.2, 0) is 0 Å². The van der Waals surface area contributed by atoms with Crippen LogP contribution in [0, 0.1) is 6.92 Å². The van der Waals surface area contributed by atoms with Crippen LogP contribution in [0.2, 0.25) is 0 Å². The van der Waals surface area contributed by atoms with Gasteiger partial charge in [-0.3, -0.25) is 0 Å². The van der Waals surface area contributed by atoms with Gasteiger partial charge in [-0.05, 0) is 45.5 Å². The predicted molar refractivity (Wildman–Crippen MR) is 73.7 cm³/mol. The number of aryl methyl sites for hydroxylation is 1. The first-order chi connectivity index (χ1) is 8.54. The van der Waals surface area contributed by atoms with Gasteiger partial charge in [0.15, 0.2) is 0 Å². The van der Waals surface area contributed by atoms with E-state index in [2.05, 4.69) is 28.7 Å². The Morgan fingerprint density at radius 3 is 2.72 bits per heavy atom. The Labute approximate surface area is 108 Å². The molecule has 0 aliphatic rings. The summed E-state index contributed by atoms with van der Waals surface area (Å²) >= 11 is 0. The smallest absolute Gasteiger partial charge is 0.106 e. The number of rotatable bonds is 4. The molecule has 0 saturated heterocycles. The normalized spacial score (nSPS) is 13.4. The highest BCUT2D eigenvalue weighted by molar-refractivity contribution is 5.77. The van der Waals surface area contributed by atoms with Crippen LogP contribution in [0.4, 0.5) is 0 Å². The number of hydrogen-bond acceptors (Lipinski definition) is 3. The second kappa shape index (κ2) is 5.08. The Morgan fingerprint density at radius 2 is 2.11 bits per heavy atom. The van der Waals surface area contributed by atoms with Gasteiger partial charge in [0.05, 0.1) is 17.1 Å². The summed E-state index contributed by atoms with van der Waals surface area (Å²) in [6.07, 6.45) is -0.482. The fourth-order valence-corrected chi connectivity index (χ4v) is 2.41. The summed E-state index contributed by atoms with van der Waals surface area (Å²) in [5.74, 6) is 1.01. The Balaban J connectivity index is 2.47. The topological polar surface area (TPSA) is 50.1 Å². The SMILES string of the molecule is CNCC(O)c1ccc2c(c1)nc(C)n2C(C)C. The number of fused-ring (bicyclic) bond motifs is 1. The Kier molecular flexibility index (Phi) is 3.68. The van der Waals surface area contributed by atoms with E-state index < -0.39 is 6.10 Å². The summed E-state index contributed by atoms with van der Waals surface area (Å²) in [4.78, 5) is 4.57. The fraction of sp³-hybridized carbons (Fsp3) is 0.500. The van der Waals surface area contributed by atoms with Crippen LogP contribution in [0.1, 0.15) is 37.4 Å². The van der Waals surface area contributed by atoms with E-state index in [0.29, 0.717) is 12.6 Å². The zero-order valence-corrected chi connectivity index (χ0v) is 11.4. The zero-order valence-electron chi connectivity index (χ0n) is 11.4. The first-order valence-electron chi connectivity index (χ1n) is 6.35. The maximum Gasteiger partial charge on any atom is 0.106 e. The van der Waals surface area contributed by atoms with Gasteiger partial charge in [-0.1, -0.05) is 6.07 Å². The van der Waals surface area contributed by atoms with Crippen molar-refractivity contribution in [1.29, 1.82) is 0 Å². The highest BCUT2D eigenvalue weighted by Crippen LogP contribution is 2.24. The molecule has 2 rings (SSSR count). The molecule has 0 spiro atoms. The van der Waals surface area contributed by atoms with Crippen molar-refractivity contribution in [3.05, 3.63) is 29.6 Å². The van der Waals surface area contributed by atoms with Crippen molar-refractivity contribution in [2.24, 2.45) is 0 Å². The molecule has 1 heterocycles. The van der Waals surface area contributed by atoms with E-state index in [9.17, 15) is 5.11 Å². The van der Waals surface area contributed by atoms with Crippen LogP contribution < -0.4 is 5.32 Å². The van der Waals surface area contributed by atoms with Crippen molar-refractivity contribution >= 4 is 11.0 Å². The summed E-state index contributed by atoms with van der Waals surface area (Å²) in [7, 11) is 1.83. The average Bonchev–Trinajstić information content (AvgIpc) is 2.63. The number of likely N-dealkylation sites (N-methyl/N-ethyl adjacent to an activating group) is 1. The van der Waals surface area contributed by atoms with Crippen molar-refractivity contribution < 1.29 is 5.11 Å². The highest BCUT2D eigenvalue weighted by Gasteiger charge is 2.13. The second-order valence-corrected chi connectivity index (χ2v) is 4.94. The highest BCUT2D eigenvalue weighted by atomic mass is 16.3. The van der Waals surface area contributed by atoms with Gasteiger partial charge in [0.1, 0.15) is 5.82 Å². The predicted octanol–water partition coefficient (Wildman–Crippen LogP) is 2.18. The zero-order chi connectivity index (χ0) is 13.3. The van der Waals surface area contributed by atoms with Crippen LogP contribution in [0.5, 0.6) is 0 Å². The first kappa shape index (κ1) is 13.1. The third kappa shape index (κ3) is 2.26. The van der Waals surface area contributed by atoms with E-state index in [1.165, 1.54) is 0 Å². The minimum absolute atomic E-state index is 0.392. The van der Waals surface area contributed by atoms with E-state index in [4.69, 9.17) is 0 Å². The van der Waals surface area contributed by atoms with E-state index in [0.717, 1.165) is 22.4 Å². The van der Waals surface area contributed by atoms with Gasteiger partial charge < -0.3 is 15.0 Å². The summed E-state index contributed by atoms with van der Waals surface area (Å²) in [6.45, 7) is 6.87. The minimum Gasteiger partial charge on any atom is -0.387 e. The third-order valence-electron chi connectivity index (χ3n) is 3.19. The lowest BCUT2D eigenvalue weighted by Crippen LogP contribution is -2.16. The molecular weight excluding hydrogens is 226 g/mol. The molecule has 0 radical (unpaired) electrons. The van der Waals surface area contributed by atoms with Gasteiger partial charge >= 0.3 is 0 Å². The largest absolute Gasteiger partial charge is 0.387 e. The maximum atomic E-state index is 9.97. The fourth-order valence-electron chi connectivity index (χ4n) is 2.41.